The number of carbonyl (C=O) groups excluding carboxylic acids is 1. The summed E-state index contributed by atoms with van der Waals surface area (Å²) < 4.78 is 22.0. The van der Waals surface area contributed by atoms with E-state index < -0.39 is 11.7 Å². The predicted octanol–water partition coefficient (Wildman–Crippen LogP) is 6.47. The Kier molecular flexibility index (Phi) is 8.50. The zero-order valence-corrected chi connectivity index (χ0v) is 23.2. The van der Waals surface area contributed by atoms with Gasteiger partial charge in [0.25, 0.3) is 11.5 Å². The van der Waals surface area contributed by atoms with E-state index in [4.69, 9.17) is 9.72 Å². The molecule has 0 radical (unpaired) electrons. The van der Waals surface area contributed by atoms with Crippen LogP contribution in [0.5, 0.6) is 5.75 Å². The number of carbonyl (C=O) groups is 1. The standard InChI is InChI=1S/C27H23Br2FN4O3/c1-3-16(2)26-33-22-10-9-18(28)13-19(22)27(36)34(26)31-14-17-8-11-24(20(29)12-17)37-15-25(35)32-23-7-5-4-6-21(23)30/h4-14,16H,3,15H2,1-2H3,(H,32,35)/t16-/m0/s1. The van der Waals surface area contributed by atoms with Gasteiger partial charge in [0.1, 0.15) is 17.4 Å². The average molecular weight is 630 g/mol. The molecule has 0 unspecified atom stereocenters. The molecule has 4 rings (SSSR count). The highest BCUT2D eigenvalue weighted by molar-refractivity contribution is 9.10. The molecule has 3 aromatic carbocycles. The van der Waals surface area contributed by atoms with Gasteiger partial charge in [-0.3, -0.25) is 9.59 Å². The number of benzene rings is 3. The second kappa shape index (κ2) is 11.8. The molecule has 1 atom stereocenters. The first-order valence-electron chi connectivity index (χ1n) is 11.5. The number of nitrogens with one attached hydrogen (secondary N) is 1. The molecular weight excluding hydrogens is 607 g/mol. The van der Waals surface area contributed by atoms with Gasteiger partial charge >= 0.3 is 0 Å². The lowest BCUT2D eigenvalue weighted by molar-refractivity contribution is -0.118. The molecule has 0 aliphatic rings. The summed E-state index contributed by atoms with van der Waals surface area (Å²) in [5, 5.41) is 7.41. The molecule has 0 saturated heterocycles. The molecule has 0 aliphatic heterocycles. The molecule has 1 N–H and O–H groups in total. The van der Waals surface area contributed by atoms with E-state index >= 15 is 0 Å². The molecule has 190 valence electrons. The Bertz CT molecular complexity index is 1550. The molecule has 7 nitrogen and oxygen atoms in total. The van der Waals surface area contributed by atoms with Crippen molar-refractivity contribution < 1.29 is 13.9 Å². The van der Waals surface area contributed by atoms with Crippen LogP contribution in [0.25, 0.3) is 10.9 Å². The Hall–Kier alpha value is -3.37. The van der Waals surface area contributed by atoms with Gasteiger partial charge < -0.3 is 10.1 Å². The van der Waals surface area contributed by atoms with Crippen molar-refractivity contribution in [3.05, 3.63) is 97.2 Å². The summed E-state index contributed by atoms with van der Waals surface area (Å²) in [5.74, 6) is 0.0189. The molecule has 0 spiro atoms. The van der Waals surface area contributed by atoms with Crippen molar-refractivity contribution in [3.63, 3.8) is 0 Å². The number of rotatable bonds is 8. The lowest BCUT2D eigenvalue weighted by Crippen LogP contribution is -2.23. The number of anilines is 1. The number of amides is 1. The lowest BCUT2D eigenvalue weighted by Gasteiger charge is -2.14. The van der Waals surface area contributed by atoms with Gasteiger partial charge in [0.15, 0.2) is 6.61 Å². The van der Waals surface area contributed by atoms with Crippen molar-refractivity contribution in [2.24, 2.45) is 5.10 Å². The Balaban J connectivity index is 1.53. The van der Waals surface area contributed by atoms with Crippen LogP contribution in [0.4, 0.5) is 10.1 Å². The Morgan fingerprint density at radius 3 is 2.70 bits per heavy atom. The van der Waals surface area contributed by atoms with E-state index in [9.17, 15) is 14.0 Å². The van der Waals surface area contributed by atoms with E-state index in [0.29, 0.717) is 32.5 Å². The van der Waals surface area contributed by atoms with Gasteiger partial charge in [0.2, 0.25) is 0 Å². The maximum absolute atomic E-state index is 13.7. The van der Waals surface area contributed by atoms with E-state index in [1.165, 1.54) is 16.8 Å². The maximum Gasteiger partial charge on any atom is 0.282 e. The third kappa shape index (κ3) is 6.31. The van der Waals surface area contributed by atoms with Crippen LogP contribution in [0.2, 0.25) is 0 Å². The van der Waals surface area contributed by atoms with E-state index in [1.807, 2.05) is 26.0 Å². The molecular formula is C27H23Br2FN4O3. The molecule has 0 aliphatic carbocycles. The summed E-state index contributed by atoms with van der Waals surface area (Å²) in [7, 11) is 0. The van der Waals surface area contributed by atoms with Gasteiger partial charge in [-0.25, -0.2) is 9.37 Å². The summed E-state index contributed by atoms with van der Waals surface area (Å²) in [6, 6.07) is 16.5. The zero-order chi connectivity index (χ0) is 26.5. The second-order valence-electron chi connectivity index (χ2n) is 8.31. The first-order valence-corrected chi connectivity index (χ1v) is 13.1. The fraction of sp³-hybridized carbons (Fsp3) is 0.185. The van der Waals surface area contributed by atoms with Crippen LogP contribution in [0.15, 0.2) is 79.5 Å². The highest BCUT2D eigenvalue weighted by Gasteiger charge is 2.16. The number of halogens is 3. The largest absolute Gasteiger partial charge is 0.483 e. The van der Waals surface area contributed by atoms with Crippen LogP contribution >= 0.6 is 31.9 Å². The number of fused-ring (bicyclic) bond motifs is 1. The van der Waals surface area contributed by atoms with Gasteiger partial charge in [-0.2, -0.15) is 9.78 Å². The first kappa shape index (κ1) is 26.7. The third-order valence-corrected chi connectivity index (χ3v) is 6.78. The Morgan fingerprint density at radius 2 is 1.97 bits per heavy atom. The van der Waals surface area contributed by atoms with Crippen LogP contribution in [0.1, 0.15) is 37.6 Å². The van der Waals surface area contributed by atoms with Gasteiger partial charge in [-0.15, -0.1) is 0 Å². The summed E-state index contributed by atoms with van der Waals surface area (Å²) >= 11 is 6.85. The van der Waals surface area contributed by atoms with E-state index in [0.717, 1.165) is 10.9 Å². The van der Waals surface area contributed by atoms with Crippen molar-refractivity contribution in [2.45, 2.75) is 26.2 Å². The summed E-state index contributed by atoms with van der Waals surface area (Å²) in [4.78, 5) is 30.1. The minimum atomic E-state index is -0.523. The highest BCUT2D eigenvalue weighted by atomic mass is 79.9. The Morgan fingerprint density at radius 1 is 1.19 bits per heavy atom. The monoisotopic (exact) mass is 628 g/mol. The van der Waals surface area contributed by atoms with E-state index in [1.54, 1.807) is 42.6 Å². The van der Waals surface area contributed by atoms with Gasteiger partial charge in [-0.05, 0) is 76.4 Å². The minimum Gasteiger partial charge on any atom is -0.483 e. The van der Waals surface area contributed by atoms with E-state index in [-0.39, 0.29) is 23.8 Å². The maximum atomic E-state index is 13.7. The topological polar surface area (TPSA) is 85.6 Å². The number of ether oxygens (including phenoxy) is 1. The average Bonchev–Trinajstić information content (AvgIpc) is 2.88. The molecule has 1 amide bonds. The highest BCUT2D eigenvalue weighted by Crippen LogP contribution is 2.26. The second-order valence-corrected chi connectivity index (χ2v) is 10.1. The number of hydrogen-bond acceptors (Lipinski definition) is 5. The molecule has 0 saturated carbocycles. The van der Waals surface area contributed by atoms with Crippen molar-refractivity contribution >= 4 is 60.6 Å². The van der Waals surface area contributed by atoms with Crippen LogP contribution in [-0.4, -0.2) is 28.4 Å². The zero-order valence-electron chi connectivity index (χ0n) is 20.0. The SMILES string of the molecule is CC[C@H](C)c1nc2ccc(Br)cc2c(=O)n1N=Cc1ccc(OCC(=O)Nc2ccccc2F)c(Br)c1. The summed E-state index contributed by atoms with van der Waals surface area (Å²) in [6.07, 6.45) is 2.37. The lowest BCUT2D eigenvalue weighted by atomic mass is 10.1. The molecule has 1 heterocycles. The molecule has 10 heteroatoms. The van der Waals surface area contributed by atoms with Gasteiger partial charge in [0, 0.05) is 10.4 Å². The minimum absolute atomic E-state index is 0.0240. The van der Waals surface area contributed by atoms with Gasteiger partial charge in [-0.1, -0.05) is 41.9 Å². The first-order chi connectivity index (χ1) is 17.8. The normalized spacial score (nSPS) is 12.1. The fourth-order valence-electron chi connectivity index (χ4n) is 3.51. The Labute approximate surface area is 229 Å². The number of hydrogen-bond donors (Lipinski definition) is 1. The van der Waals surface area contributed by atoms with Crippen LogP contribution in [0.3, 0.4) is 0 Å². The van der Waals surface area contributed by atoms with Crippen molar-refractivity contribution in [1.82, 2.24) is 9.66 Å². The van der Waals surface area contributed by atoms with Crippen molar-refractivity contribution in [2.75, 3.05) is 11.9 Å². The number of nitrogens with zero attached hydrogens (tertiary/aromatic N) is 3. The van der Waals surface area contributed by atoms with Crippen LogP contribution in [0, 0.1) is 5.82 Å². The van der Waals surface area contributed by atoms with Crippen molar-refractivity contribution in [3.8, 4) is 5.75 Å². The molecule has 1 aromatic heterocycles. The summed E-state index contributed by atoms with van der Waals surface area (Å²) in [5.41, 5.74) is 1.16. The smallest absolute Gasteiger partial charge is 0.282 e. The number of aromatic nitrogens is 2. The molecule has 0 bridgehead atoms. The van der Waals surface area contributed by atoms with Gasteiger partial charge in [0.05, 0.1) is 27.3 Å². The van der Waals surface area contributed by atoms with Crippen molar-refractivity contribution in [1.29, 1.82) is 0 Å². The summed E-state index contributed by atoms with van der Waals surface area (Å²) in [6.45, 7) is 3.74. The molecule has 4 aromatic rings. The predicted molar refractivity (Wildman–Crippen MR) is 150 cm³/mol. The quantitative estimate of drug-likeness (QED) is 0.226. The number of para-hydroxylation sites is 1. The molecule has 37 heavy (non-hydrogen) atoms. The van der Waals surface area contributed by atoms with Crippen LogP contribution < -0.4 is 15.6 Å². The van der Waals surface area contributed by atoms with Crippen LogP contribution in [-0.2, 0) is 4.79 Å². The third-order valence-electron chi connectivity index (χ3n) is 5.67. The van der Waals surface area contributed by atoms with E-state index in [2.05, 4.69) is 42.3 Å². The fourth-order valence-corrected chi connectivity index (χ4v) is 4.38. The molecule has 0 fully saturated rings.